The second kappa shape index (κ2) is 4.92. The number of benzene rings is 1. The molecule has 1 aromatic heterocycles. The molecule has 0 aliphatic rings. The molecule has 0 aliphatic heterocycles. The molecule has 2 nitrogen and oxygen atoms in total. The van der Waals surface area contributed by atoms with Crippen LogP contribution in [0, 0.1) is 12.7 Å². The standard InChI is InChI=1S/C15H19FN2/c1-5-17-13-8-12(9(2)3)18-15-11(13)7-6-10(4)14(15)16/h6-9H,5H2,1-4H3,(H,17,18). The number of hydrogen-bond acceptors (Lipinski definition) is 2. The summed E-state index contributed by atoms with van der Waals surface area (Å²) in [5, 5.41) is 4.14. The molecule has 0 bridgehead atoms. The van der Waals surface area contributed by atoms with E-state index in [-0.39, 0.29) is 11.7 Å². The molecule has 0 aliphatic carbocycles. The molecule has 0 saturated carbocycles. The van der Waals surface area contributed by atoms with Crippen LogP contribution < -0.4 is 5.32 Å². The molecule has 2 rings (SSSR count). The number of nitrogens with zero attached hydrogens (tertiary/aromatic N) is 1. The van der Waals surface area contributed by atoms with E-state index in [0.29, 0.717) is 11.1 Å². The van der Waals surface area contributed by atoms with Crippen molar-refractivity contribution in [1.82, 2.24) is 4.98 Å². The zero-order chi connectivity index (χ0) is 13.3. The minimum Gasteiger partial charge on any atom is -0.385 e. The van der Waals surface area contributed by atoms with E-state index in [9.17, 15) is 4.39 Å². The Morgan fingerprint density at radius 2 is 2.06 bits per heavy atom. The molecule has 1 N–H and O–H groups in total. The molecule has 18 heavy (non-hydrogen) atoms. The number of pyridine rings is 1. The Bertz CT molecular complexity index is 576. The quantitative estimate of drug-likeness (QED) is 0.876. The van der Waals surface area contributed by atoms with Crippen molar-refractivity contribution in [2.75, 3.05) is 11.9 Å². The van der Waals surface area contributed by atoms with E-state index in [1.54, 1.807) is 13.0 Å². The van der Waals surface area contributed by atoms with Crippen molar-refractivity contribution in [3.05, 3.63) is 35.3 Å². The largest absolute Gasteiger partial charge is 0.385 e. The topological polar surface area (TPSA) is 24.9 Å². The first-order valence-electron chi connectivity index (χ1n) is 6.38. The Kier molecular flexibility index (Phi) is 3.50. The summed E-state index contributed by atoms with van der Waals surface area (Å²) in [6, 6.07) is 5.75. The van der Waals surface area contributed by atoms with E-state index < -0.39 is 0 Å². The first-order chi connectivity index (χ1) is 8.54. The summed E-state index contributed by atoms with van der Waals surface area (Å²) < 4.78 is 14.2. The van der Waals surface area contributed by atoms with E-state index in [1.165, 1.54) is 0 Å². The third-order valence-electron chi connectivity index (χ3n) is 3.09. The van der Waals surface area contributed by atoms with Crippen molar-refractivity contribution in [2.24, 2.45) is 0 Å². The summed E-state index contributed by atoms with van der Waals surface area (Å²) in [4.78, 5) is 4.46. The third-order valence-corrected chi connectivity index (χ3v) is 3.09. The van der Waals surface area contributed by atoms with Gasteiger partial charge in [0.25, 0.3) is 0 Å². The average molecular weight is 246 g/mol. The second-order valence-electron chi connectivity index (χ2n) is 4.87. The van der Waals surface area contributed by atoms with Gasteiger partial charge in [-0.05, 0) is 31.4 Å². The smallest absolute Gasteiger partial charge is 0.152 e. The van der Waals surface area contributed by atoms with E-state index in [1.807, 2.05) is 19.1 Å². The number of halogens is 1. The number of rotatable bonds is 3. The average Bonchev–Trinajstić information content (AvgIpc) is 2.34. The zero-order valence-electron chi connectivity index (χ0n) is 11.3. The Morgan fingerprint density at radius 1 is 1.33 bits per heavy atom. The molecule has 2 aromatic rings. The summed E-state index contributed by atoms with van der Waals surface area (Å²) in [6.45, 7) is 8.75. The van der Waals surface area contributed by atoms with Crippen LogP contribution in [0.1, 0.15) is 37.9 Å². The van der Waals surface area contributed by atoms with Gasteiger partial charge in [0.15, 0.2) is 5.82 Å². The number of aryl methyl sites for hydroxylation is 1. The van der Waals surface area contributed by atoms with Crippen LogP contribution in [0.4, 0.5) is 10.1 Å². The molecule has 1 aromatic carbocycles. The molecule has 1 heterocycles. The summed E-state index contributed by atoms with van der Waals surface area (Å²) in [7, 11) is 0. The molecule has 0 amide bonds. The maximum absolute atomic E-state index is 14.2. The lowest BCUT2D eigenvalue weighted by Crippen LogP contribution is -2.03. The molecule has 96 valence electrons. The van der Waals surface area contributed by atoms with Crippen LogP contribution in [-0.2, 0) is 0 Å². The predicted octanol–water partition coefficient (Wildman–Crippen LogP) is 4.24. The van der Waals surface area contributed by atoms with Gasteiger partial charge < -0.3 is 5.32 Å². The van der Waals surface area contributed by atoms with Crippen molar-refractivity contribution in [2.45, 2.75) is 33.6 Å². The summed E-state index contributed by atoms with van der Waals surface area (Å²) >= 11 is 0. The summed E-state index contributed by atoms with van der Waals surface area (Å²) in [6.07, 6.45) is 0. The van der Waals surface area contributed by atoms with Gasteiger partial charge in [0.1, 0.15) is 5.52 Å². The van der Waals surface area contributed by atoms with Gasteiger partial charge in [0, 0.05) is 23.3 Å². The van der Waals surface area contributed by atoms with Gasteiger partial charge in [0.05, 0.1) is 0 Å². The third kappa shape index (κ3) is 2.17. The van der Waals surface area contributed by atoms with Gasteiger partial charge in [-0.25, -0.2) is 9.37 Å². The Morgan fingerprint density at radius 3 is 2.67 bits per heavy atom. The summed E-state index contributed by atoms with van der Waals surface area (Å²) in [5.41, 5.74) is 2.99. The first kappa shape index (κ1) is 12.8. The van der Waals surface area contributed by atoms with Crippen molar-refractivity contribution >= 4 is 16.6 Å². The Hall–Kier alpha value is -1.64. The van der Waals surface area contributed by atoms with Crippen LogP contribution in [-0.4, -0.2) is 11.5 Å². The molecule has 0 spiro atoms. The molecule has 3 heteroatoms. The minimum absolute atomic E-state index is 0.214. The van der Waals surface area contributed by atoms with Crippen molar-refractivity contribution in [3.63, 3.8) is 0 Å². The fourth-order valence-corrected chi connectivity index (χ4v) is 2.01. The van der Waals surface area contributed by atoms with Crippen LogP contribution >= 0.6 is 0 Å². The van der Waals surface area contributed by atoms with Gasteiger partial charge in [-0.3, -0.25) is 0 Å². The highest BCUT2D eigenvalue weighted by Gasteiger charge is 2.12. The maximum Gasteiger partial charge on any atom is 0.152 e. The first-order valence-corrected chi connectivity index (χ1v) is 6.38. The van der Waals surface area contributed by atoms with Gasteiger partial charge in [-0.2, -0.15) is 0 Å². The highest BCUT2D eigenvalue weighted by molar-refractivity contribution is 5.92. The number of nitrogens with one attached hydrogen (secondary N) is 1. The molecular weight excluding hydrogens is 227 g/mol. The van der Waals surface area contributed by atoms with E-state index in [4.69, 9.17) is 0 Å². The van der Waals surface area contributed by atoms with Gasteiger partial charge in [-0.15, -0.1) is 0 Å². The fourth-order valence-electron chi connectivity index (χ4n) is 2.01. The van der Waals surface area contributed by atoms with Gasteiger partial charge in [0.2, 0.25) is 0 Å². The zero-order valence-corrected chi connectivity index (χ0v) is 11.3. The van der Waals surface area contributed by atoms with Crippen LogP contribution in [0.3, 0.4) is 0 Å². The SMILES string of the molecule is CCNc1cc(C(C)C)nc2c(F)c(C)ccc12. The lowest BCUT2D eigenvalue weighted by molar-refractivity contribution is 0.626. The lowest BCUT2D eigenvalue weighted by Gasteiger charge is -2.13. The Balaban J connectivity index is 2.77. The highest BCUT2D eigenvalue weighted by atomic mass is 19.1. The normalized spacial score (nSPS) is 11.2. The van der Waals surface area contributed by atoms with Crippen molar-refractivity contribution in [1.29, 1.82) is 0 Å². The number of hydrogen-bond donors (Lipinski definition) is 1. The Labute approximate surface area is 107 Å². The van der Waals surface area contributed by atoms with Crippen molar-refractivity contribution in [3.8, 4) is 0 Å². The molecule has 0 fully saturated rings. The monoisotopic (exact) mass is 246 g/mol. The van der Waals surface area contributed by atoms with E-state index >= 15 is 0 Å². The molecule has 0 radical (unpaired) electrons. The number of anilines is 1. The molecular formula is C15H19FN2. The molecule has 0 unspecified atom stereocenters. The predicted molar refractivity (Wildman–Crippen MR) is 74.7 cm³/mol. The van der Waals surface area contributed by atoms with Gasteiger partial charge in [-0.1, -0.05) is 26.0 Å². The molecule has 0 atom stereocenters. The minimum atomic E-state index is -0.214. The molecule has 0 saturated heterocycles. The maximum atomic E-state index is 14.2. The van der Waals surface area contributed by atoms with Crippen LogP contribution in [0.2, 0.25) is 0 Å². The van der Waals surface area contributed by atoms with Gasteiger partial charge >= 0.3 is 0 Å². The van der Waals surface area contributed by atoms with Crippen LogP contribution in [0.5, 0.6) is 0 Å². The lowest BCUT2D eigenvalue weighted by atomic mass is 10.0. The second-order valence-corrected chi connectivity index (χ2v) is 4.87. The van der Waals surface area contributed by atoms with Crippen LogP contribution in [0.25, 0.3) is 10.9 Å². The van der Waals surface area contributed by atoms with E-state index in [2.05, 4.69) is 24.1 Å². The number of fused-ring (bicyclic) bond motifs is 1. The summed E-state index contributed by atoms with van der Waals surface area (Å²) in [5.74, 6) is 0.0703. The fraction of sp³-hybridized carbons (Fsp3) is 0.400. The van der Waals surface area contributed by atoms with E-state index in [0.717, 1.165) is 23.3 Å². The number of aromatic nitrogens is 1. The van der Waals surface area contributed by atoms with Crippen molar-refractivity contribution < 1.29 is 4.39 Å². The van der Waals surface area contributed by atoms with Crippen LogP contribution in [0.15, 0.2) is 18.2 Å². The highest BCUT2D eigenvalue weighted by Crippen LogP contribution is 2.29.